The van der Waals surface area contributed by atoms with E-state index in [1.54, 1.807) is 24.3 Å². The number of carboxylic acid groups (broad SMARTS) is 1. The molecule has 0 spiro atoms. The number of rotatable bonds is 7. The smallest absolute Gasteiger partial charge is 0.332 e. The number of amides is 1. The third-order valence-electron chi connectivity index (χ3n) is 5.33. The summed E-state index contributed by atoms with van der Waals surface area (Å²) < 4.78 is 35.2. The van der Waals surface area contributed by atoms with Crippen LogP contribution in [0.25, 0.3) is 0 Å². The van der Waals surface area contributed by atoms with E-state index in [0.717, 1.165) is 0 Å². The molecule has 2 fully saturated rings. The van der Waals surface area contributed by atoms with Crippen molar-refractivity contribution in [1.29, 1.82) is 0 Å². The summed E-state index contributed by atoms with van der Waals surface area (Å²) in [7, 11) is 0. The largest absolute Gasteiger partial charge is 0.479 e. The van der Waals surface area contributed by atoms with Gasteiger partial charge in [0.05, 0.1) is 17.9 Å². The molecule has 0 saturated carbocycles. The average Bonchev–Trinajstić information content (AvgIpc) is 3.32. The lowest BCUT2D eigenvalue weighted by molar-refractivity contribution is -0.343. The SMILES string of the molecule is CC(=O)NC1C(Oc2ccc(Cl)cc2Cl)OC2COC(c3ccco3)OC2C1OC(C)C(=O)O. The highest BCUT2D eigenvalue weighted by Gasteiger charge is 2.53. The Morgan fingerprint density at radius 1 is 1.24 bits per heavy atom. The minimum atomic E-state index is -1.21. The molecule has 0 bridgehead atoms. The molecule has 1 aromatic heterocycles. The lowest BCUT2D eigenvalue weighted by Crippen LogP contribution is -2.68. The maximum absolute atomic E-state index is 12.1. The topological polar surface area (TPSA) is 126 Å². The van der Waals surface area contributed by atoms with Crippen LogP contribution in [0.2, 0.25) is 10.0 Å². The first-order valence-electron chi connectivity index (χ1n) is 10.5. The van der Waals surface area contributed by atoms with Crippen molar-refractivity contribution in [3.05, 3.63) is 52.4 Å². The van der Waals surface area contributed by atoms with Gasteiger partial charge in [-0.05, 0) is 37.3 Å². The van der Waals surface area contributed by atoms with Crippen LogP contribution in [0, 0.1) is 0 Å². The fraction of sp³-hybridized carbons (Fsp3) is 0.455. The molecule has 3 heterocycles. The fourth-order valence-corrected chi connectivity index (χ4v) is 4.23. The molecule has 0 aliphatic carbocycles. The fourth-order valence-electron chi connectivity index (χ4n) is 3.78. The van der Waals surface area contributed by atoms with Gasteiger partial charge in [-0.2, -0.15) is 0 Å². The van der Waals surface area contributed by atoms with Gasteiger partial charge >= 0.3 is 5.97 Å². The molecule has 2 aliphatic heterocycles. The molecule has 10 nitrogen and oxygen atoms in total. The van der Waals surface area contributed by atoms with Crippen LogP contribution in [-0.4, -0.2) is 60.3 Å². The Bertz CT molecular complexity index is 1020. The minimum absolute atomic E-state index is 0.0678. The van der Waals surface area contributed by atoms with E-state index in [-0.39, 0.29) is 17.4 Å². The first-order chi connectivity index (χ1) is 16.2. The zero-order chi connectivity index (χ0) is 24.4. The number of carbonyl (C=O) groups excluding carboxylic acids is 1. The van der Waals surface area contributed by atoms with Crippen molar-refractivity contribution in [1.82, 2.24) is 5.32 Å². The summed E-state index contributed by atoms with van der Waals surface area (Å²) in [6, 6.07) is 7.06. The van der Waals surface area contributed by atoms with Gasteiger partial charge in [-0.1, -0.05) is 23.2 Å². The molecule has 7 atom stereocenters. The standard InChI is InChI=1S/C22H23Cl2NO9/c1-10(20(27)28)31-19-17(25-11(2)26)22(32-14-6-5-12(23)8-13(14)24)33-16-9-30-21(34-18(16)19)15-4-3-7-29-15/h3-8,10,16-19,21-22H,9H2,1-2H3,(H,25,26)(H,27,28). The molecule has 34 heavy (non-hydrogen) atoms. The van der Waals surface area contributed by atoms with Crippen LogP contribution in [0.3, 0.4) is 0 Å². The van der Waals surface area contributed by atoms with E-state index in [1.807, 2.05) is 0 Å². The summed E-state index contributed by atoms with van der Waals surface area (Å²) >= 11 is 12.2. The lowest BCUT2D eigenvalue weighted by Gasteiger charge is -2.49. The quantitative estimate of drug-likeness (QED) is 0.571. The highest BCUT2D eigenvalue weighted by molar-refractivity contribution is 6.35. The van der Waals surface area contributed by atoms with Crippen molar-refractivity contribution in [2.75, 3.05) is 6.61 Å². The predicted molar refractivity (Wildman–Crippen MR) is 118 cm³/mol. The van der Waals surface area contributed by atoms with Crippen molar-refractivity contribution in [2.45, 2.75) is 56.9 Å². The molecule has 12 heteroatoms. The predicted octanol–water partition coefficient (Wildman–Crippen LogP) is 3.17. The van der Waals surface area contributed by atoms with Crippen LogP contribution >= 0.6 is 23.2 Å². The van der Waals surface area contributed by atoms with E-state index < -0.39 is 54.9 Å². The number of hydrogen-bond acceptors (Lipinski definition) is 8. The van der Waals surface area contributed by atoms with E-state index in [9.17, 15) is 14.7 Å². The monoisotopic (exact) mass is 515 g/mol. The Kier molecular flexibility index (Phi) is 7.66. The summed E-state index contributed by atoms with van der Waals surface area (Å²) in [5.41, 5.74) is 0. The number of aliphatic carboxylic acids is 1. The van der Waals surface area contributed by atoms with E-state index in [4.69, 9.17) is 51.3 Å². The Hall–Kier alpha value is -2.34. The second kappa shape index (κ2) is 10.5. The van der Waals surface area contributed by atoms with Crippen LogP contribution in [0.15, 0.2) is 41.0 Å². The summed E-state index contributed by atoms with van der Waals surface area (Å²) in [4.78, 5) is 23.7. The van der Waals surface area contributed by atoms with Gasteiger partial charge in [-0.3, -0.25) is 4.79 Å². The van der Waals surface area contributed by atoms with Crippen molar-refractivity contribution in [3.8, 4) is 5.75 Å². The van der Waals surface area contributed by atoms with Gasteiger partial charge < -0.3 is 38.5 Å². The number of hydrogen-bond donors (Lipinski definition) is 2. The number of fused-ring (bicyclic) bond motifs is 1. The Morgan fingerprint density at radius 3 is 2.68 bits per heavy atom. The summed E-state index contributed by atoms with van der Waals surface area (Å²) in [6.07, 6.45) is -4.22. The molecule has 2 aliphatic rings. The molecule has 2 aromatic rings. The molecule has 2 N–H and O–H groups in total. The molecule has 0 radical (unpaired) electrons. The van der Waals surface area contributed by atoms with Gasteiger partial charge in [0.2, 0.25) is 18.5 Å². The first kappa shape index (κ1) is 24.8. The Balaban J connectivity index is 1.66. The number of carbonyl (C=O) groups is 2. The van der Waals surface area contributed by atoms with E-state index in [0.29, 0.717) is 10.8 Å². The van der Waals surface area contributed by atoms with Crippen molar-refractivity contribution < 1.29 is 42.8 Å². The van der Waals surface area contributed by atoms with Crippen LogP contribution in [-0.2, 0) is 28.5 Å². The number of nitrogens with one attached hydrogen (secondary N) is 1. The van der Waals surface area contributed by atoms with E-state index in [2.05, 4.69) is 5.32 Å². The van der Waals surface area contributed by atoms with Crippen LogP contribution in [0.1, 0.15) is 25.9 Å². The van der Waals surface area contributed by atoms with Gasteiger partial charge in [0.1, 0.15) is 30.1 Å². The third-order valence-corrected chi connectivity index (χ3v) is 5.86. The van der Waals surface area contributed by atoms with Crippen molar-refractivity contribution >= 4 is 35.1 Å². The number of ether oxygens (including phenoxy) is 5. The van der Waals surface area contributed by atoms with Crippen LogP contribution in [0.5, 0.6) is 5.75 Å². The highest BCUT2D eigenvalue weighted by Crippen LogP contribution is 2.38. The Labute approximate surface area is 204 Å². The molecule has 1 aromatic carbocycles. The first-order valence-corrected chi connectivity index (χ1v) is 11.2. The van der Waals surface area contributed by atoms with Gasteiger partial charge in [0.25, 0.3) is 0 Å². The molecule has 7 unspecified atom stereocenters. The van der Waals surface area contributed by atoms with Gasteiger partial charge in [-0.25, -0.2) is 4.79 Å². The number of furan rings is 1. The minimum Gasteiger partial charge on any atom is -0.479 e. The molecular formula is C22H23Cl2NO9. The molecular weight excluding hydrogens is 493 g/mol. The summed E-state index contributed by atoms with van der Waals surface area (Å²) in [5, 5.41) is 12.8. The van der Waals surface area contributed by atoms with Gasteiger partial charge in [0.15, 0.2) is 11.9 Å². The maximum Gasteiger partial charge on any atom is 0.332 e. The van der Waals surface area contributed by atoms with E-state index >= 15 is 0 Å². The molecule has 1 amide bonds. The molecule has 2 saturated heterocycles. The average molecular weight is 516 g/mol. The Morgan fingerprint density at radius 2 is 2.03 bits per heavy atom. The van der Waals surface area contributed by atoms with Crippen molar-refractivity contribution in [3.63, 3.8) is 0 Å². The molecule has 4 rings (SSSR count). The maximum atomic E-state index is 12.1. The molecule has 184 valence electrons. The normalized spacial score (nSPS) is 29.6. The summed E-state index contributed by atoms with van der Waals surface area (Å²) in [6.45, 7) is 2.76. The zero-order valence-electron chi connectivity index (χ0n) is 18.2. The second-order valence-corrected chi connectivity index (χ2v) is 8.67. The van der Waals surface area contributed by atoms with Crippen LogP contribution in [0.4, 0.5) is 0 Å². The number of benzene rings is 1. The van der Waals surface area contributed by atoms with Gasteiger partial charge in [-0.15, -0.1) is 0 Å². The zero-order valence-corrected chi connectivity index (χ0v) is 19.7. The van der Waals surface area contributed by atoms with E-state index in [1.165, 1.54) is 26.2 Å². The third kappa shape index (κ3) is 5.48. The van der Waals surface area contributed by atoms with Crippen molar-refractivity contribution in [2.24, 2.45) is 0 Å². The van der Waals surface area contributed by atoms with Crippen LogP contribution < -0.4 is 10.1 Å². The van der Waals surface area contributed by atoms with Gasteiger partial charge in [0, 0.05) is 11.9 Å². The number of halogens is 2. The lowest BCUT2D eigenvalue weighted by atomic mass is 9.95. The number of carboxylic acids is 1. The summed E-state index contributed by atoms with van der Waals surface area (Å²) in [5.74, 6) is -0.918. The highest BCUT2D eigenvalue weighted by atomic mass is 35.5. The second-order valence-electron chi connectivity index (χ2n) is 7.82.